The fourth-order valence-electron chi connectivity index (χ4n) is 2.86. The third-order valence-corrected chi connectivity index (χ3v) is 4.40. The molecule has 1 aromatic heterocycles. The van der Waals surface area contributed by atoms with E-state index in [9.17, 15) is 4.79 Å². The van der Waals surface area contributed by atoms with Crippen LogP contribution in [-0.2, 0) is 0 Å². The molecule has 0 bridgehead atoms. The van der Waals surface area contributed by atoms with Crippen molar-refractivity contribution in [1.82, 2.24) is 5.32 Å². The van der Waals surface area contributed by atoms with E-state index in [1.807, 2.05) is 31.2 Å². The Morgan fingerprint density at radius 2 is 2.04 bits per heavy atom. The molecule has 1 atom stereocenters. The van der Waals surface area contributed by atoms with Crippen molar-refractivity contribution in [3.63, 3.8) is 0 Å². The zero-order valence-electron chi connectivity index (χ0n) is 13.5. The van der Waals surface area contributed by atoms with Gasteiger partial charge in [-0.05, 0) is 37.3 Å². The average molecular weight is 358 g/mol. The molecule has 5 nitrogen and oxygen atoms in total. The Balaban J connectivity index is 1.46. The van der Waals surface area contributed by atoms with Crippen molar-refractivity contribution in [2.24, 2.45) is 0 Å². The largest absolute Gasteiger partial charge is 0.486 e. The quantitative estimate of drug-likeness (QED) is 0.770. The van der Waals surface area contributed by atoms with Crippen molar-refractivity contribution < 1.29 is 18.7 Å². The smallest absolute Gasteiger partial charge is 0.287 e. The summed E-state index contributed by atoms with van der Waals surface area (Å²) in [5.74, 6) is 1.40. The zero-order chi connectivity index (χ0) is 17.4. The molecular weight excluding hydrogens is 342 g/mol. The van der Waals surface area contributed by atoms with Gasteiger partial charge in [0.1, 0.15) is 18.3 Å². The normalized spacial score (nSPS) is 16.0. The number of aryl methyl sites for hydroxylation is 1. The van der Waals surface area contributed by atoms with E-state index < -0.39 is 0 Å². The first-order chi connectivity index (χ1) is 12.1. The second kappa shape index (κ2) is 6.33. The number of benzene rings is 2. The SMILES string of the molecule is Cc1c(C(=O)NC[C@H]2COc3ccccc3O2)oc2ccc(Cl)cc12. The fraction of sp³-hybridized carbons (Fsp3) is 0.211. The maximum absolute atomic E-state index is 12.5. The summed E-state index contributed by atoms with van der Waals surface area (Å²) in [6.45, 7) is 2.55. The molecule has 2 aromatic carbocycles. The summed E-state index contributed by atoms with van der Waals surface area (Å²) in [6, 6.07) is 12.8. The number of hydrogen-bond acceptors (Lipinski definition) is 4. The van der Waals surface area contributed by atoms with Crippen LogP contribution in [0.5, 0.6) is 11.5 Å². The summed E-state index contributed by atoms with van der Waals surface area (Å²) in [4.78, 5) is 12.5. The molecule has 0 unspecified atom stereocenters. The molecule has 1 aliphatic heterocycles. The third kappa shape index (κ3) is 3.03. The number of ether oxygens (including phenoxy) is 2. The van der Waals surface area contributed by atoms with Crippen LogP contribution in [0.1, 0.15) is 16.1 Å². The summed E-state index contributed by atoms with van der Waals surface area (Å²) in [5, 5.41) is 4.29. The van der Waals surface area contributed by atoms with Crippen molar-refractivity contribution in [3.05, 3.63) is 58.8 Å². The molecule has 128 valence electrons. The van der Waals surface area contributed by atoms with Crippen molar-refractivity contribution >= 4 is 28.5 Å². The van der Waals surface area contributed by atoms with E-state index in [-0.39, 0.29) is 17.8 Å². The van der Waals surface area contributed by atoms with Gasteiger partial charge in [0.15, 0.2) is 17.3 Å². The Hall–Kier alpha value is -2.66. The average Bonchev–Trinajstić information content (AvgIpc) is 2.96. The van der Waals surface area contributed by atoms with Crippen LogP contribution in [0.25, 0.3) is 11.0 Å². The lowest BCUT2D eigenvalue weighted by Gasteiger charge is -2.26. The zero-order valence-corrected chi connectivity index (χ0v) is 14.3. The molecule has 0 saturated heterocycles. The highest BCUT2D eigenvalue weighted by atomic mass is 35.5. The van der Waals surface area contributed by atoms with E-state index in [2.05, 4.69) is 5.32 Å². The lowest BCUT2D eigenvalue weighted by molar-refractivity contribution is 0.0774. The third-order valence-electron chi connectivity index (χ3n) is 4.16. The van der Waals surface area contributed by atoms with E-state index in [4.69, 9.17) is 25.5 Å². The van der Waals surface area contributed by atoms with Crippen LogP contribution >= 0.6 is 11.6 Å². The van der Waals surface area contributed by atoms with E-state index in [0.717, 1.165) is 16.7 Å². The minimum atomic E-state index is -0.285. The minimum absolute atomic E-state index is 0.252. The van der Waals surface area contributed by atoms with Gasteiger partial charge in [0, 0.05) is 16.0 Å². The van der Waals surface area contributed by atoms with Crippen LogP contribution in [0.3, 0.4) is 0 Å². The molecule has 1 aliphatic rings. The summed E-state index contributed by atoms with van der Waals surface area (Å²) in [5.41, 5.74) is 1.40. The number of rotatable bonds is 3. The van der Waals surface area contributed by atoms with Crippen LogP contribution in [0.15, 0.2) is 46.9 Å². The van der Waals surface area contributed by atoms with Gasteiger partial charge in [0.05, 0.1) is 6.54 Å². The van der Waals surface area contributed by atoms with Crippen molar-refractivity contribution in [1.29, 1.82) is 0 Å². The molecule has 0 radical (unpaired) electrons. The number of carbonyl (C=O) groups is 1. The molecule has 0 fully saturated rings. The predicted molar refractivity (Wildman–Crippen MR) is 94.6 cm³/mol. The lowest BCUT2D eigenvalue weighted by atomic mass is 10.1. The Labute approximate surface area is 149 Å². The monoisotopic (exact) mass is 357 g/mol. The number of fused-ring (bicyclic) bond motifs is 2. The van der Waals surface area contributed by atoms with Crippen molar-refractivity contribution in [3.8, 4) is 11.5 Å². The molecule has 4 rings (SSSR count). The summed E-state index contributed by atoms with van der Waals surface area (Å²) < 4.78 is 17.1. The number of amides is 1. The van der Waals surface area contributed by atoms with Gasteiger partial charge in [-0.15, -0.1) is 0 Å². The number of carbonyl (C=O) groups excluding carboxylic acids is 1. The first-order valence-corrected chi connectivity index (χ1v) is 8.35. The second-order valence-electron chi connectivity index (χ2n) is 5.90. The van der Waals surface area contributed by atoms with Crippen LogP contribution in [0.4, 0.5) is 0 Å². The molecule has 6 heteroatoms. The number of halogens is 1. The number of para-hydroxylation sites is 2. The molecule has 0 saturated carbocycles. The number of hydrogen-bond donors (Lipinski definition) is 1. The standard InChI is InChI=1S/C19H16ClNO4/c1-11-14-8-12(20)6-7-15(14)25-18(11)19(22)21-9-13-10-23-16-4-2-3-5-17(16)24-13/h2-8,13H,9-10H2,1H3,(H,21,22)/t13-/m0/s1. The Morgan fingerprint density at radius 3 is 2.88 bits per heavy atom. The molecule has 25 heavy (non-hydrogen) atoms. The molecule has 0 spiro atoms. The Kier molecular flexibility index (Phi) is 4.01. The Bertz CT molecular complexity index is 950. The highest BCUT2D eigenvalue weighted by Gasteiger charge is 2.23. The molecule has 3 aromatic rings. The van der Waals surface area contributed by atoms with Gasteiger partial charge in [0.25, 0.3) is 5.91 Å². The molecule has 2 heterocycles. The maximum atomic E-state index is 12.5. The highest BCUT2D eigenvalue weighted by molar-refractivity contribution is 6.31. The second-order valence-corrected chi connectivity index (χ2v) is 6.34. The van der Waals surface area contributed by atoms with Gasteiger partial charge in [0.2, 0.25) is 0 Å². The van der Waals surface area contributed by atoms with E-state index in [1.54, 1.807) is 18.2 Å². The van der Waals surface area contributed by atoms with Crippen LogP contribution in [0.2, 0.25) is 5.02 Å². The van der Waals surface area contributed by atoms with E-state index in [1.165, 1.54) is 0 Å². The van der Waals surface area contributed by atoms with Gasteiger partial charge >= 0.3 is 0 Å². The van der Waals surface area contributed by atoms with Gasteiger partial charge in [-0.1, -0.05) is 23.7 Å². The molecular formula is C19H16ClNO4. The van der Waals surface area contributed by atoms with Crippen LogP contribution in [-0.4, -0.2) is 25.2 Å². The van der Waals surface area contributed by atoms with Gasteiger partial charge in [-0.25, -0.2) is 0 Å². The summed E-state index contributed by atoms with van der Waals surface area (Å²) >= 11 is 6.01. The van der Waals surface area contributed by atoms with E-state index in [0.29, 0.717) is 29.5 Å². The van der Waals surface area contributed by atoms with E-state index >= 15 is 0 Å². The first-order valence-electron chi connectivity index (χ1n) is 7.97. The predicted octanol–water partition coefficient (Wildman–Crippen LogP) is 3.96. The van der Waals surface area contributed by atoms with Crippen LogP contribution in [0, 0.1) is 6.92 Å². The minimum Gasteiger partial charge on any atom is -0.486 e. The van der Waals surface area contributed by atoms with Crippen molar-refractivity contribution in [2.75, 3.05) is 13.2 Å². The molecule has 1 N–H and O–H groups in total. The Morgan fingerprint density at radius 1 is 1.24 bits per heavy atom. The summed E-state index contributed by atoms with van der Waals surface area (Å²) in [6.07, 6.45) is -0.252. The first kappa shape index (κ1) is 15.8. The van der Waals surface area contributed by atoms with Gasteiger partial charge in [-0.2, -0.15) is 0 Å². The fourth-order valence-corrected chi connectivity index (χ4v) is 3.03. The number of furan rings is 1. The maximum Gasteiger partial charge on any atom is 0.287 e. The van der Waals surface area contributed by atoms with Gasteiger partial charge < -0.3 is 19.2 Å². The topological polar surface area (TPSA) is 60.7 Å². The van der Waals surface area contributed by atoms with Gasteiger partial charge in [-0.3, -0.25) is 4.79 Å². The van der Waals surface area contributed by atoms with Crippen LogP contribution < -0.4 is 14.8 Å². The highest BCUT2D eigenvalue weighted by Crippen LogP contribution is 2.31. The number of nitrogens with one attached hydrogen (secondary N) is 1. The lowest BCUT2D eigenvalue weighted by Crippen LogP contribution is -2.40. The van der Waals surface area contributed by atoms with Crippen molar-refractivity contribution in [2.45, 2.75) is 13.0 Å². The summed E-state index contributed by atoms with van der Waals surface area (Å²) in [7, 11) is 0. The molecule has 1 amide bonds. The molecule has 0 aliphatic carbocycles.